The average molecular weight is 463 g/mol. The number of carbonyl (C=O) groups is 2. The summed E-state index contributed by atoms with van der Waals surface area (Å²) in [6.07, 6.45) is -0.102. The van der Waals surface area contributed by atoms with Crippen LogP contribution in [-0.4, -0.2) is 52.3 Å². The number of ether oxygens (including phenoxy) is 1. The number of aliphatic imine (C=N–C) groups is 1. The number of halogens is 1. The van der Waals surface area contributed by atoms with Gasteiger partial charge in [0.15, 0.2) is 5.17 Å². The Morgan fingerprint density at radius 2 is 2.06 bits per heavy atom. The van der Waals surface area contributed by atoms with Crippen molar-refractivity contribution < 1.29 is 19.2 Å². The predicted octanol–water partition coefficient (Wildman–Crippen LogP) is 3.85. The number of hydrogen-bond donors (Lipinski definition) is 1. The van der Waals surface area contributed by atoms with E-state index in [4.69, 9.17) is 16.3 Å². The summed E-state index contributed by atoms with van der Waals surface area (Å²) in [7, 11) is 1.54. The summed E-state index contributed by atoms with van der Waals surface area (Å²) in [6, 6.07) is 12.5. The number of nitrogens with one attached hydrogen (secondary N) is 1. The standard InChI is InChI=1S/C20H19ClN4O5S/c1-30-10-9-24-19(27)17(31-20(24)23-14-7-5-13(21)6-8-14)12-18(26)22-15-3-2-4-16(11-15)25(28)29/h2-8,11,17H,9-10,12H2,1H3,(H,22,26)/t17-/m0/s1. The largest absolute Gasteiger partial charge is 0.383 e. The van der Waals surface area contributed by atoms with Crippen molar-refractivity contribution in [2.75, 3.05) is 25.6 Å². The number of carbonyl (C=O) groups excluding carboxylic acids is 2. The maximum absolute atomic E-state index is 12.9. The lowest BCUT2D eigenvalue weighted by Crippen LogP contribution is -2.35. The third-order valence-electron chi connectivity index (χ3n) is 4.30. The van der Waals surface area contributed by atoms with E-state index in [0.717, 1.165) is 0 Å². The summed E-state index contributed by atoms with van der Waals surface area (Å²) in [4.78, 5) is 41.7. The Labute approximate surface area is 187 Å². The number of hydrogen-bond acceptors (Lipinski definition) is 7. The molecule has 0 radical (unpaired) electrons. The van der Waals surface area contributed by atoms with Crippen LogP contribution in [-0.2, 0) is 14.3 Å². The van der Waals surface area contributed by atoms with Gasteiger partial charge in [0.05, 0.1) is 23.8 Å². The fourth-order valence-corrected chi connectivity index (χ4v) is 4.13. The minimum Gasteiger partial charge on any atom is -0.383 e. The van der Waals surface area contributed by atoms with Gasteiger partial charge in [-0.25, -0.2) is 4.99 Å². The van der Waals surface area contributed by atoms with Crippen LogP contribution in [0.1, 0.15) is 6.42 Å². The summed E-state index contributed by atoms with van der Waals surface area (Å²) in [5.41, 5.74) is 0.789. The first-order chi connectivity index (χ1) is 14.9. The topological polar surface area (TPSA) is 114 Å². The van der Waals surface area contributed by atoms with Gasteiger partial charge in [-0.15, -0.1) is 0 Å². The number of nitro benzene ring substituents is 1. The highest BCUT2D eigenvalue weighted by Gasteiger charge is 2.39. The van der Waals surface area contributed by atoms with Crippen LogP contribution < -0.4 is 5.32 Å². The van der Waals surface area contributed by atoms with Gasteiger partial charge in [-0.05, 0) is 30.3 Å². The van der Waals surface area contributed by atoms with Crippen LogP contribution >= 0.6 is 23.4 Å². The molecule has 3 rings (SSSR count). The monoisotopic (exact) mass is 462 g/mol. The molecule has 0 saturated carbocycles. The van der Waals surface area contributed by atoms with Crippen LogP contribution in [0.25, 0.3) is 0 Å². The van der Waals surface area contributed by atoms with Gasteiger partial charge < -0.3 is 10.1 Å². The second-order valence-corrected chi connectivity index (χ2v) is 8.13. The number of nitro groups is 1. The van der Waals surface area contributed by atoms with Crippen LogP contribution in [0, 0.1) is 10.1 Å². The molecule has 0 aromatic heterocycles. The number of benzene rings is 2. The van der Waals surface area contributed by atoms with Crippen molar-refractivity contribution in [1.29, 1.82) is 0 Å². The van der Waals surface area contributed by atoms with Gasteiger partial charge in [0.1, 0.15) is 5.25 Å². The highest BCUT2D eigenvalue weighted by Crippen LogP contribution is 2.32. The van der Waals surface area contributed by atoms with Gasteiger partial charge in [-0.2, -0.15) is 0 Å². The van der Waals surface area contributed by atoms with Crippen molar-refractivity contribution in [2.24, 2.45) is 4.99 Å². The number of non-ortho nitro benzene ring substituents is 1. The molecule has 2 aromatic carbocycles. The molecule has 1 atom stereocenters. The molecule has 0 unspecified atom stereocenters. The molecule has 0 spiro atoms. The maximum atomic E-state index is 12.9. The third kappa shape index (κ3) is 6.03. The summed E-state index contributed by atoms with van der Waals surface area (Å²) in [5, 5.41) is 13.9. The Balaban J connectivity index is 1.72. The van der Waals surface area contributed by atoms with E-state index in [1.165, 1.54) is 42.0 Å². The molecule has 9 nitrogen and oxygen atoms in total. The maximum Gasteiger partial charge on any atom is 0.271 e. The summed E-state index contributed by atoms with van der Waals surface area (Å²) in [5.74, 6) is -0.672. The fourth-order valence-electron chi connectivity index (χ4n) is 2.82. The molecule has 1 aliphatic heterocycles. The van der Waals surface area contributed by atoms with E-state index in [9.17, 15) is 19.7 Å². The van der Waals surface area contributed by atoms with Crippen molar-refractivity contribution in [1.82, 2.24) is 4.90 Å². The summed E-state index contributed by atoms with van der Waals surface area (Å²) >= 11 is 7.10. The van der Waals surface area contributed by atoms with Gasteiger partial charge in [0.25, 0.3) is 5.69 Å². The second-order valence-electron chi connectivity index (χ2n) is 6.52. The van der Waals surface area contributed by atoms with Crippen LogP contribution in [0.5, 0.6) is 0 Å². The van der Waals surface area contributed by atoms with Crippen LogP contribution in [0.3, 0.4) is 0 Å². The highest BCUT2D eigenvalue weighted by atomic mass is 35.5. The molecule has 162 valence electrons. The van der Waals surface area contributed by atoms with Gasteiger partial charge in [-0.3, -0.25) is 24.6 Å². The van der Waals surface area contributed by atoms with E-state index in [-0.39, 0.29) is 18.0 Å². The molecule has 2 aromatic rings. The zero-order valence-electron chi connectivity index (χ0n) is 16.5. The first-order valence-corrected chi connectivity index (χ1v) is 10.5. The zero-order chi connectivity index (χ0) is 22.4. The van der Waals surface area contributed by atoms with Gasteiger partial charge in [0, 0.05) is 36.4 Å². The van der Waals surface area contributed by atoms with Crippen LogP contribution in [0.15, 0.2) is 53.5 Å². The first kappa shape index (κ1) is 22.7. The molecule has 1 heterocycles. The number of amidine groups is 1. The van der Waals surface area contributed by atoms with E-state index in [2.05, 4.69) is 10.3 Å². The number of nitrogens with zero attached hydrogens (tertiary/aromatic N) is 3. The first-order valence-electron chi connectivity index (χ1n) is 9.23. The Hall–Kier alpha value is -2.95. The quantitative estimate of drug-likeness (QED) is 0.470. The molecule has 1 N–H and O–H groups in total. The van der Waals surface area contributed by atoms with Crippen LogP contribution in [0.4, 0.5) is 17.1 Å². The van der Waals surface area contributed by atoms with Crippen LogP contribution in [0.2, 0.25) is 5.02 Å². The Bertz CT molecular complexity index is 1010. The molecule has 0 bridgehead atoms. The van der Waals surface area contributed by atoms with Crippen molar-refractivity contribution in [2.45, 2.75) is 11.7 Å². The minimum atomic E-state index is -0.665. The lowest BCUT2D eigenvalue weighted by molar-refractivity contribution is -0.384. The lowest BCUT2D eigenvalue weighted by atomic mass is 10.2. The lowest BCUT2D eigenvalue weighted by Gasteiger charge is -2.15. The van der Waals surface area contributed by atoms with Crippen molar-refractivity contribution in [3.8, 4) is 0 Å². The summed E-state index contributed by atoms with van der Waals surface area (Å²) < 4.78 is 5.08. The molecular weight excluding hydrogens is 444 g/mol. The minimum absolute atomic E-state index is 0.102. The molecule has 2 amide bonds. The number of thioether (sulfide) groups is 1. The Morgan fingerprint density at radius 1 is 1.32 bits per heavy atom. The molecule has 31 heavy (non-hydrogen) atoms. The molecule has 11 heteroatoms. The van der Waals surface area contributed by atoms with Crippen molar-refractivity contribution in [3.63, 3.8) is 0 Å². The summed E-state index contributed by atoms with van der Waals surface area (Å²) in [6.45, 7) is 0.621. The van der Waals surface area contributed by atoms with E-state index in [1.54, 1.807) is 30.3 Å². The fraction of sp³-hybridized carbons (Fsp3) is 0.250. The van der Waals surface area contributed by atoms with E-state index in [0.29, 0.717) is 34.7 Å². The van der Waals surface area contributed by atoms with Gasteiger partial charge >= 0.3 is 0 Å². The Kier molecular flexibility index (Phi) is 7.61. The number of amides is 2. The predicted molar refractivity (Wildman–Crippen MR) is 120 cm³/mol. The second kappa shape index (κ2) is 10.4. The van der Waals surface area contributed by atoms with Gasteiger partial charge in [0.2, 0.25) is 11.8 Å². The van der Waals surface area contributed by atoms with E-state index in [1.807, 2.05) is 0 Å². The SMILES string of the molecule is COCCN1C(=O)[C@H](CC(=O)Nc2cccc([N+](=O)[O-])c2)SC1=Nc1ccc(Cl)cc1. The molecule has 1 saturated heterocycles. The van der Waals surface area contributed by atoms with Gasteiger partial charge in [-0.1, -0.05) is 29.4 Å². The number of anilines is 1. The average Bonchev–Trinajstić information content (AvgIpc) is 3.02. The number of rotatable bonds is 8. The number of methoxy groups -OCH3 is 1. The molecule has 1 fully saturated rings. The van der Waals surface area contributed by atoms with Crippen molar-refractivity contribution >= 4 is 57.4 Å². The Morgan fingerprint density at radius 3 is 2.74 bits per heavy atom. The van der Waals surface area contributed by atoms with E-state index < -0.39 is 16.1 Å². The third-order valence-corrected chi connectivity index (χ3v) is 5.73. The molecular formula is C20H19ClN4O5S. The van der Waals surface area contributed by atoms with Crippen molar-refractivity contribution in [3.05, 3.63) is 63.7 Å². The normalized spacial score (nSPS) is 17.2. The molecule has 1 aliphatic rings. The van der Waals surface area contributed by atoms with E-state index >= 15 is 0 Å². The zero-order valence-corrected chi connectivity index (χ0v) is 18.1. The molecule has 0 aliphatic carbocycles. The smallest absolute Gasteiger partial charge is 0.271 e. The highest BCUT2D eigenvalue weighted by molar-refractivity contribution is 8.15.